The number of nitrogens with one attached hydrogen (secondary N) is 1. The molecule has 7 heteroatoms. The van der Waals surface area contributed by atoms with E-state index < -0.39 is 0 Å². The number of nitrogens with zero attached hydrogens (tertiary/aromatic N) is 3. The zero-order valence-corrected chi connectivity index (χ0v) is 17.1. The average Bonchev–Trinajstić information content (AvgIpc) is 2.74. The summed E-state index contributed by atoms with van der Waals surface area (Å²) in [4.78, 5) is 27.9. The number of hydrogen-bond acceptors (Lipinski definition) is 4. The Labute approximate surface area is 174 Å². The molecule has 4 rings (SSSR count). The van der Waals surface area contributed by atoms with E-state index in [4.69, 9.17) is 0 Å². The Morgan fingerprint density at radius 2 is 1.93 bits per heavy atom. The van der Waals surface area contributed by atoms with Crippen molar-refractivity contribution < 1.29 is 9.18 Å². The van der Waals surface area contributed by atoms with Gasteiger partial charge in [0.15, 0.2) is 5.69 Å². The van der Waals surface area contributed by atoms with Crippen molar-refractivity contribution in [2.75, 3.05) is 18.0 Å². The summed E-state index contributed by atoms with van der Waals surface area (Å²) in [5, 5.41) is 8.49. The molecule has 1 aliphatic rings. The van der Waals surface area contributed by atoms with E-state index in [1.54, 1.807) is 30.3 Å². The Balaban J connectivity index is 1.60. The van der Waals surface area contributed by atoms with Crippen LogP contribution in [0.25, 0.3) is 10.8 Å². The molecule has 2 aromatic carbocycles. The second-order valence-electron chi connectivity index (χ2n) is 7.98. The monoisotopic (exact) mass is 408 g/mol. The highest BCUT2D eigenvalue weighted by Crippen LogP contribution is 2.21. The fraction of sp³-hybridized carbons (Fsp3) is 0.348. The SMILES string of the molecule is CC(C)n1nc(C(=O)NC2CCCN(c3cccc(F)c3)C2)c2ccccc2c1=O. The van der Waals surface area contributed by atoms with Crippen LogP contribution >= 0.6 is 0 Å². The van der Waals surface area contributed by atoms with Crippen LogP contribution in [0, 0.1) is 5.82 Å². The lowest BCUT2D eigenvalue weighted by atomic mass is 10.0. The number of halogens is 1. The number of fused-ring (bicyclic) bond motifs is 1. The van der Waals surface area contributed by atoms with Crippen molar-refractivity contribution in [2.24, 2.45) is 0 Å². The van der Waals surface area contributed by atoms with Gasteiger partial charge >= 0.3 is 0 Å². The van der Waals surface area contributed by atoms with E-state index in [9.17, 15) is 14.0 Å². The van der Waals surface area contributed by atoms with Crippen LogP contribution < -0.4 is 15.8 Å². The molecular weight excluding hydrogens is 383 g/mol. The average molecular weight is 408 g/mol. The molecule has 0 radical (unpaired) electrons. The van der Waals surface area contributed by atoms with Gasteiger partial charge in [-0.3, -0.25) is 9.59 Å². The quantitative estimate of drug-likeness (QED) is 0.717. The molecule has 1 N–H and O–H groups in total. The predicted molar refractivity (Wildman–Crippen MR) is 115 cm³/mol. The van der Waals surface area contributed by atoms with Crippen molar-refractivity contribution in [3.63, 3.8) is 0 Å². The number of carbonyl (C=O) groups excluding carboxylic acids is 1. The molecule has 2 heterocycles. The Morgan fingerprint density at radius 1 is 1.17 bits per heavy atom. The number of carbonyl (C=O) groups is 1. The molecule has 1 aliphatic heterocycles. The molecule has 0 aliphatic carbocycles. The molecular formula is C23H25FN4O2. The summed E-state index contributed by atoms with van der Waals surface area (Å²) in [5.74, 6) is -0.572. The third-order valence-corrected chi connectivity index (χ3v) is 5.46. The van der Waals surface area contributed by atoms with Crippen LogP contribution in [0.1, 0.15) is 43.2 Å². The molecule has 1 atom stereocenters. The van der Waals surface area contributed by atoms with Gasteiger partial charge in [-0.2, -0.15) is 5.10 Å². The highest BCUT2D eigenvalue weighted by atomic mass is 19.1. The molecule has 1 amide bonds. The molecule has 156 valence electrons. The summed E-state index contributed by atoms with van der Waals surface area (Å²) in [6.45, 7) is 5.14. The Hall–Kier alpha value is -3.22. The van der Waals surface area contributed by atoms with E-state index in [0.29, 0.717) is 17.3 Å². The maximum Gasteiger partial charge on any atom is 0.274 e. The van der Waals surface area contributed by atoms with Crippen LogP contribution in [0.2, 0.25) is 0 Å². The topological polar surface area (TPSA) is 67.2 Å². The van der Waals surface area contributed by atoms with Crippen LogP contribution in [0.15, 0.2) is 53.3 Å². The maximum atomic E-state index is 13.6. The molecule has 30 heavy (non-hydrogen) atoms. The van der Waals surface area contributed by atoms with E-state index in [1.165, 1.54) is 16.8 Å². The lowest BCUT2D eigenvalue weighted by Crippen LogP contribution is -2.48. The smallest absolute Gasteiger partial charge is 0.274 e. The fourth-order valence-corrected chi connectivity index (χ4v) is 3.98. The van der Waals surface area contributed by atoms with Crippen molar-refractivity contribution in [1.82, 2.24) is 15.1 Å². The second-order valence-corrected chi connectivity index (χ2v) is 7.98. The molecule has 0 bridgehead atoms. The molecule has 0 spiro atoms. The van der Waals surface area contributed by atoms with Crippen molar-refractivity contribution in [1.29, 1.82) is 0 Å². The summed E-state index contributed by atoms with van der Waals surface area (Å²) in [6.07, 6.45) is 1.72. The minimum atomic E-state index is -0.299. The van der Waals surface area contributed by atoms with Gasteiger partial charge in [-0.15, -0.1) is 0 Å². The van der Waals surface area contributed by atoms with E-state index in [1.807, 2.05) is 19.9 Å². The molecule has 1 fully saturated rings. The first-order chi connectivity index (χ1) is 14.4. The van der Waals surface area contributed by atoms with Crippen LogP contribution in [-0.4, -0.2) is 34.8 Å². The van der Waals surface area contributed by atoms with Gasteiger partial charge in [0.1, 0.15) is 5.82 Å². The number of anilines is 1. The van der Waals surface area contributed by atoms with Crippen LogP contribution in [0.5, 0.6) is 0 Å². The number of rotatable bonds is 4. The molecule has 1 aromatic heterocycles. The molecule has 3 aromatic rings. The van der Waals surface area contributed by atoms with Gasteiger partial charge in [-0.05, 0) is 51.0 Å². The number of amides is 1. The summed E-state index contributed by atoms with van der Waals surface area (Å²) < 4.78 is 15.0. The van der Waals surface area contributed by atoms with Crippen LogP contribution in [0.3, 0.4) is 0 Å². The Kier molecular flexibility index (Phi) is 5.53. The van der Waals surface area contributed by atoms with Crippen molar-refractivity contribution in [2.45, 2.75) is 38.8 Å². The zero-order valence-electron chi connectivity index (χ0n) is 17.1. The fourth-order valence-electron chi connectivity index (χ4n) is 3.98. The highest BCUT2D eigenvalue weighted by Gasteiger charge is 2.25. The van der Waals surface area contributed by atoms with Crippen molar-refractivity contribution >= 4 is 22.4 Å². The number of benzene rings is 2. The number of piperidine rings is 1. The Bertz CT molecular complexity index is 1140. The minimum absolute atomic E-state index is 0.0884. The first-order valence-corrected chi connectivity index (χ1v) is 10.3. The molecule has 0 saturated carbocycles. The summed E-state index contributed by atoms with van der Waals surface area (Å²) in [7, 11) is 0. The van der Waals surface area contributed by atoms with Gasteiger partial charge < -0.3 is 10.2 Å². The van der Waals surface area contributed by atoms with Crippen LogP contribution in [-0.2, 0) is 0 Å². The summed E-state index contributed by atoms with van der Waals surface area (Å²) in [5.41, 5.74) is 0.861. The summed E-state index contributed by atoms with van der Waals surface area (Å²) in [6, 6.07) is 13.3. The van der Waals surface area contributed by atoms with E-state index in [-0.39, 0.29) is 35.1 Å². The van der Waals surface area contributed by atoms with Gasteiger partial charge in [0.25, 0.3) is 11.5 Å². The largest absolute Gasteiger partial charge is 0.369 e. The number of aromatic nitrogens is 2. The first-order valence-electron chi connectivity index (χ1n) is 10.3. The standard InChI is InChI=1S/C23H25FN4O2/c1-15(2)28-23(30)20-11-4-3-10-19(20)21(26-28)22(29)25-17-8-6-12-27(14-17)18-9-5-7-16(24)13-18/h3-5,7,9-11,13,15,17H,6,8,12,14H2,1-2H3,(H,25,29). The van der Waals surface area contributed by atoms with Gasteiger partial charge in [0.05, 0.1) is 11.4 Å². The Morgan fingerprint density at radius 3 is 2.67 bits per heavy atom. The molecule has 6 nitrogen and oxygen atoms in total. The maximum absolute atomic E-state index is 13.6. The minimum Gasteiger partial charge on any atom is -0.369 e. The molecule has 1 saturated heterocycles. The zero-order chi connectivity index (χ0) is 21.3. The van der Waals surface area contributed by atoms with E-state index >= 15 is 0 Å². The van der Waals surface area contributed by atoms with Gasteiger partial charge in [0, 0.05) is 30.2 Å². The van der Waals surface area contributed by atoms with Crippen LogP contribution in [0.4, 0.5) is 10.1 Å². The lowest BCUT2D eigenvalue weighted by Gasteiger charge is -2.34. The first kappa shape index (κ1) is 20.1. The second kappa shape index (κ2) is 8.26. The van der Waals surface area contributed by atoms with Gasteiger partial charge in [-0.1, -0.05) is 24.3 Å². The van der Waals surface area contributed by atoms with Gasteiger partial charge in [-0.25, -0.2) is 9.07 Å². The highest BCUT2D eigenvalue weighted by molar-refractivity contribution is 6.04. The van der Waals surface area contributed by atoms with Crippen molar-refractivity contribution in [3.8, 4) is 0 Å². The van der Waals surface area contributed by atoms with Gasteiger partial charge in [0.2, 0.25) is 0 Å². The lowest BCUT2D eigenvalue weighted by molar-refractivity contribution is 0.0927. The third-order valence-electron chi connectivity index (χ3n) is 5.46. The van der Waals surface area contributed by atoms with E-state index in [2.05, 4.69) is 15.3 Å². The normalized spacial score (nSPS) is 16.8. The van der Waals surface area contributed by atoms with Crippen molar-refractivity contribution in [3.05, 3.63) is 70.4 Å². The predicted octanol–water partition coefficient (Wildman–Crippen LogP) is 3.52. The van der Waals surface area contributed by atoms with E-state index in [0.717, 1.165) is 25.1 Å². The molecule has 1 unspecified atom stereocenters. The number of hydrogen-bond donors (Lipinski definition) is 1. The third kappa shape index (κ3) is 3.92. The summed E-state index contributed by atoms with van der Waals surface area (Å²) >= 11 is 0.